The molecule has 1 aliphatic carbocycles. The highest BCUT2D eigenvalue weighted by Crippen LogP contribution is 2.32. The molecule has 0 spiro atoms. The molecular formula is C34H49FN8O5. The van der Waals surface area contributed by atoms with Crippen LogP contribution in [0.1, 0.15) is 87.0 Å². The van der Waals surface area contributed by atoms with Gasteiger partial charge in [0.2, 0.25) is 11.8 Å². The molecule has 13 nitrogen and oxygen atoms in total. The Balaban J connectivity index is 1.33. The van der Waals surface area contributed by atoms with Crippen molar-refractivity contribution in [2.75, 3.05) is 51.6 Å². The zero-order chi connectivity index (χ0) is 34.4. The molecule has 262 valence electrons. The van der Waals surface area contributed by atoms with Gasteiger partial charge in [-0.1, -0.05) is 44.8 Å². The minimum atomic E-state index is -0.921. The van der Waals surface area contributed by atoms with Gasteiger partial charge in [0.25, 0.3) is 5.91 Å². The van der Waals surface area contributed by atoms with Crippen LogP contribution in [0.3, 0.4) is 0 Å². The van der Waals surface area contributed by atoms with Crippen molar-refractivity contribution >= 4 is 29.4 Å². The van der Waals surface area contributed by atoms with Crippen LogP contribution in [0.2, 0.25) is 0 Å². The Kier molecular flexibility index (Phi) is 11.7. The number of likely N-dealkylation sites (tertiary alicyclic amines) is 1. The van der Waals surface area contributed by atoms with E-state index in [9.17, 15) is 19.2 Å². The molecule has 3 N–H and O–H groups in total. The van der Waals surface area contributed by atoms with Gasteiger partial charge in [0.15, 0.2) is 5.69 Å². The number of urea groups is 1. The molecule has 0 bridgehead atoms. The molecule has 3 heterocycles. The number of hydrogen-bond donors (Lipinski definition) is 3. The summed E-state index contributed by atoms with van der Waals surface area (Å²) in [5.41, 5.74) is 0.887. The summed E-state index contributed by atoms with van der Waals surface area (Å²) in [5, 5.41) is 16.0. The lowest BCUT2D eigenvalue weighted by atomic mass is 9.79. The van der Waals surface area contributed by atoms with Crippen molar-refractivity contribution in [1.29, 1.82) is 0 Å². The Morgan fingerprint density at radius 2 is 1.65 bits per heavy atom. The van der Waals surface area contributed by atoms with Gasteiger partial charge in [0.05, 0.1) is 5.69 Å². The van der Waals surface area contributed by atoms with Gasteiger partial charge in [0, 0.05) is 45.2 Å². The lowest BCUT2D eigenvalue weighted by molar-refractivity contribution is -0.135. The van der Waals surface area contributed by atoms with Gasteiger partial charge in [-0.25, -0.2) is 13.8 Å². The second-order valence-electron chi connectivity index (χ2n) is 13.7. The Labute approximate surface area is 281 Å². The van der Waals surface area contributed by atoms with E-state index in [0.29, 0.717) is 49.8 Å². The second kappa shape index (κ2) is 15.9. The van der Waals surface area contributed by atoms with Gasteiger partial charge in [-0.05, 0) is 73.8 Å². The third kappa shape index (κ3) is 8.31. The van der Waals surface area contributed by atoms with Crippen LogP contribution in [0.4, 0.5) is 14.9 Å². The molecule has 5 rings (SSSR count). The average molecular weight is 669 g/mol. The van der Waals surface area contributed by atoms with Crippen molar-refractivity contribution in [2.45, 2.75) is 83.7 Å². The summed E-state index contributed by atoms with van der Waals surface area (Å²) in [4.78, 5) is 59.4. The van der Waals surface area contributed by atoms with Crippen LogP contribution in [0, 0.1) is 17.7 Å². The van der Waals surface area contributed by atoms with Crippen LogP contribution < -0.4 is 16.0 Å². The molecule has 5 amide bonds. The van der Waals surface area contributed by atoms with Crippen LogP contribution in [0.15, 0.2) is 22.8 Å². The number of anilines is 1. The Hall–Kier alpha value is -4.07. The number of carbonyl (C=O) groups is 4. The van der Waals surface area contributed by atoms with Crippen molar-refractivity contribution in [3.8, 4) is 0 Å². The first-order valence-corrected chi connectivity index (χ1v) is 17.3. The highest BCUT2D eigenvalue weighted by Gasteiger charge is 2.36. The molecule has 3 fully saturated rings. The molecule has 0 radical (unpaired) electrons. The van der Waals surface area contributed by atoms with E-state index in [1.807, 2.05) is 14.0 Å². The first-order valence-electron chi connectivity index (χ1n) is 17.3. The minimum Gasteiger partial charge on any atom is -0.338 e. The lowest BCUT2D eigenvalue weighted by Crippen LogP contribution is -2.57. The predicted molar refractivity (Wildman–Crippen MR) is 177 cm³/mol. The highest BCUT2D eigenvalue weighted by molar-refractivity contribution is 6.01. The van der Waals surface area contributed by atoms with Crippen molar-refractivity contribution < 1.29 is 28.2 Å². The van der Waals surface area contributed by atoms with E-state index in [0.717, 1.165) is 51.6 Å². The highest BCUT2D eigenvalue weighted by atomic mass is 19.1. The van der Waals surface area contributed by atoms with Crippen LogP contribution >= 0.6 is 0 Å². The molecular weight excluding hydrogens is 619 g/mol. The summed E-state index contributed by atoms with van der Waals surface area (Å²) in [7, 11) is 2.00. The van der Waals surface area contributed by atoms with Crippen LogP contribution in [0.25, 0.3) is 0 Å². The number of benzene rings is 1. The van der Waals surface area contributed by atoms with Gasteiger partial charge in [0.1, 0.15) is 23.6 Å². The number of hydrogen-bond acceptors (Lipinski definition) is 8. The van der Waals surface area contributed by atoms with Crippen molar-refractivity contribution in [1.82, 2.24) is 35.6 Å². The smallest absolute Gasteiger partial charge is 0.318 e. The number of rotatable bonds is 10. The number of carbonyl (C=O) groups excluding carboxylic acids is 4. The van der Waals surface area contributed by atoms with Crippen LogP contribution in [0.5, 0.6) is 0 Å². The molecule has 14 heteroatoms. The zero-order valence-electron chi connectivity index (χ0n) is 28.5. The number of nitrogens with one attached hydrogen (secondary N) is 3. The number of piperazine rings is 1. The van der Waals surface area contributed by atoms with Gasteiger partial charge >= 0.3 is 6.03 Å². The Bertz CT molecular complexity index is 1450. The molecule has 2 aromatic rings. The third-order valence-electron chi connectivity index (χ3n) is 10.2. The average Bonchev–Trinajstić information content (AvgIpc) is 3.80. The summed E-state index contributed by atoms with van der Waals surface area (Å²) >= 11 is 0. The topological polar surface area (TPSA) is 153 Å². The molecule has 48 heavy (non-hydrogen) atoms. The summed E-state index contributed by atoms with van der Waals surface area (Å²) in [6.07, 6.45) is 5.58. The number of likely N-dealkylation sites (N-methyl/N-ethyl adjacent to an activating group) is 1. The fourth-order valence-electron chi connectivity index (χ4n) is 6.92. The molecule has 2 saturated heterocycles. The maximum Gasteiger partial charge on any atom is 0.318 e. The largest absolute Gasteiger partial charge is 0.338 e. The fourth-order valence-corrected chi connectivity index (χ4v) is 6.92. The monoisotopic (exact) mass is 668 g/mol. The van der Waals surface area contributed by atoms with Gasteiger partial charge < -0.3 is 30.7 Å². The van der Waals surface area contributed by atoms with E-state index in [-0.39, 0.29) is 29.2 Å². The van der Waals surface area contributed by atoms with Crippen LogP contribution in [-0.4, -0.2) is 107 Å². The number of amides is 5. The second-order valence-corrected chi connectivity index (χ2v) is 13.7. The number of aryl methyl sites for hydroxylation is 1. The summed E-state index contributed by atoms with van der Waals surface area (Å²) < 4.78 is 20.5. The maximum atomic E-state index is 15.8. The van der Waals surface area contributed by atoms with Gasteiger partial charge in [-0.15, -0.1) is 0 Å². The van der Waals surface area contributed by atoms with E-state index in [1.165, 1.54) is 12.1 Å². The number of aromatic nitrogens is 2. The summed E-state index contributed by atoms with van der Waals surface area (Å²) in [5.74, 6) is -2.15. The van der Waals surface area contributed by atoms with Crippen molar-refractivity contribution in [3.05, 3.63) is 41.0 Å². The molecule has 2 aliphatic heterocycles. The zero-order valence-corrected chi connectivity index (χ0v) is 28.5. The predicted octanol–water partition coefficient (Wildman–Crippen LogP) is 3.39. The Morgan fingerprint density at radius 3 is 2.29 bits per heavy atom. The molecule has 0 unspecified atom stereocenters. The summed E-state index contributed by atoms with van der Waals surface area (Å²) in [6.45, 7) is 9.60. The maximum absolute atomic E-state index is 15.8. The quantitative estimate of drug-likeness (QED) is 0.349. The molecule has 1 aromatic heterocycles. The van der Waals surface area contributed by atoms with E-state index in [1.54, 1.807) is 22.8 Å². The Morgan fingerprint density at radius 1 is 0.958 bits per heavy atom. The molecule has 3 atom stereocenters. The van der Waals surface area contributed by atoms with E-state index >= 15 is 4.39 Å². The number of halogens is 1. The van der Waals surface area contributed by atoms with E-state index in [4.69, 9.17) is 4.63 Å². The van der Waals surface area contributed by atoms with Crippen molar-refractivity contribution in [2.24, 2.45) is 11.8 Å². The van der Waals surface area contributed by atoms with Gasteiger partial charge in [-0.3, -0.25) is 14.4 Å². The fraction of sp³-hybridized carbons (Fsp3) is 0.647. The normalized spacial score (nSPS) is 22.1. The third-order valence-corrected chi connectivity index (χ3v) is 10.2. The van der Waals surface area contributed by atoms with E-state index < -0.39 is 35.6 Å². The first-order chi connectivity index (χ1) is 23.0. The lowest BCUT2D eigenvalue weighted by Gasteiger charge is -2.36. The molecule has 1 saturated carbocycles. The van der Waals surface area contributed by atoms with Crippen molar-refractivity contribution in [3.63, 3.8) is 0 Å². The first kappa shape index (κ1) is 35.2. The standard InChI is InChI=1S/C34H49FN8O5/c1-5-26-30(40-48-39-26)32(45)37-29(23-10-8-21(2)9-11-23)31(44)36-27-13-12-24(20-25(27)35)22(3)28(38-34(47)43-14-6-7-15-43)33(46)42-18-16-41(4)17-19-42/h12-13,20-23,28-29H,5-11,14-19H2,1-4H3,(H,36,44)(H,37,45)(H,38,47)/t21-,22-,23-,28+,29-/m0/s1. The van der Waals surface area contributed by atoms with E-state index in [2.05, 4.69) is 38.1 Å². The minimum absolute atomic E-state index is 0.0292. The molecule has 1 aromatic carbocycles. The molecule has 3 aliphatic rings. The number of nitrogens with zero attached hydrogens (tertiary/aromatic N) is 5. The van der Waals surface area contributed by atoms with Gasteiger partial charge in [-0.2, -0.15) is 0 Å². The van der Waals surface area contributed by atoms with Crippen LogP contribution in [-0.2, 0) is 16.0 Å². The summed E-state index contributed by atoms with van der Waals surface area (Å²) in [6, 6.07) is 2.33. The SMILES string of the molecule is CCc1nonc1C(=O)N[C@H](C(=O)Nc1ccc([C@H](C)[C@@H](NC(=O)N2CCCC2)C(=O)N2CCN(C)CC2)cc1F)[C@H]1CC[C@H](C)CC1.